The zero-order valence-corrected chi connectivity index (χ0v) is 20.7. The normalized spacial score (nSPS) is 20.9. The van der Waals surface area contributed by atoms with Crippen LogP contribution in [0.15, 0.2) is 94.2 Å². The molecule has 0 aromatic rings. The van der Waals surface area contributed by atoms with Gasteiger partial charge in [-0.05, 0) is 58.6 Å². The minimum Gasteiger partial charge on any atom is -0.393 e. The molecule has 0 saturated carbocycles. The van der Waals surface area contributed by atoms with E-state index < -0.39 is 0 Å². The van der Waals surface area contributed by atoms with Crippen molar-refractivity contribution in [2.45, 2.75) is 67.4 Å². The summed E-state index contributed by atoms with van der Waals surface area (Å²) < 4.78 is 0. The Morgan fingerprint density at radius 1 is 0.906 bits per heavy atom. The molecule has 1 aliphatic rings. The van der Waals surface area contributed by atoms with E-state index in [1.807, 2.05) is 56.4 Å². The maximum atomic E-state index is 10.6. The van der Waals surface area contributed by atoms with Gasteiger partial charge in [-0.25, -0.2) is 0 Å². The summed E-state index contributed by atoms with van der Waals surface area (Å²) in [7, 11) is 0. The lowest BCUT2D eigenvalue weighted by atomic mass is 9.72. The van der Waals surface area contributed by atoms with Gasteiger partial charge in [-0.3, -0.25) is 4.79 Å². The van der Waals surface area contributed by atoms with Gasteiger partial charge in [-0.15, -0.1) is 0 Å². The average molecular weight is 431 g/mol. The molecule has 0 spiro atoms. The standard InChI is InChI=1S/C30H38O2/c1-23(12-8-9-13-24(2)15-11-17-26(4)22-31)14-10-16-25(3)18-19-29-27(5)20-28(32)21-30(29,6)7/h8-17,22,28,32H,20-21H2,1-7H3. The van der Waals surface area contributed by atoms with Gasteiger partial charge in [0.15, 0.2) is 0 Å². The van der Waals surface area contributed by atoms with Crippen LogP contribution in [0.2, 0.25) is 0 Å². The summed E-state index contributed by atoms with van der Waals surface area (Å²) in [5.74, 6) is 6.62. The molecule has 2 heteroatoms. The lowest BCUT2D eigenvalue weighted by Gasteiger charge is -2.34. The van der Waals surface area contributed by atoms with Crippen LogP contribution in [0.3, 0.4) is 0 Å². The molecule has 170 valence electrons. The van der Waals surface area contributed by atoms with Crippen LogP contribution >= 0.6 is 0 Å². The van der Waals surface area contributed by atoms with Gasteiger partial charge in [0.1, 0.15) is 6.29 Å². The largest absolute Gasteiger partial charge is 0.393 e. The van der Waals surface area contributed by atoms with E-state index in [-0.39, 0.29) is 11.5 Å². The first-order valence-electron chi connectivity index (χ1n) is 11.1. The van der Waals surface area contributed by atoms with E-state index in [9.17, 15) is 9.90 Å². The zero-order valence-electron chi connectivity index (χ0n) is 20.7. The van der Waals surface area contributed by atoms with Gasteiger partial charge in [0.2, 0.25) is 0 Å². The molecule has 32 heavy (non-hydrogen) atoms. The van der Waals surface area contributed by atoms with Gasteiger partial charge in [0.05, 0.1) is 6.10 Å². The molecule has 1 aliphatic carbocycles. The fraction of sp³-hybridized carbons (Fsp3) is 0.367. The SMILES string of the molecule is CC(C#CC1=C(C)CC(O)CC1(C)C)=CC=CC(C)=CC=CC=C(C)C=CC=C(C)C=O. The molecule has 0 radical (unpaired) electrons. The Morgan fingerprint density at radius 3 is 1.97 bits per heavy atom. The molecule has 1 atom stereocenters. The lowest BCUT2D eigenvalue weighted by molar-refractivity contribution is -0.104. The second kappa shape index (κ2) is 13.5. The number of aldehydes is 1. The fourth-order valence-corrected chi connectivity index (χ4v) is 3.54. The van der Waals surface area contributed by atoms with Crippen molar-refractivity contribution in [1.82, 2.24) is 0 Å². The van der Waals surface area contributed by atoms with Gasteiger partial charge in [-0.1, -0.05) is 103 Å². The highest BCUT2D eigenvalue weighted by Gasteiger charge is 2.31. The Morgan fingerprint density at radius 2 is 1.44 bits per heavy atom. The van der Waals surface area contributed by atoms with Crippen molar-refractivity contribution in [3.8, 4) is 11.8 Å². The second-order valence-corrected chi connectivity index (χ2v) is 9.15. The van der Waals surface area contributed by atoms with Crippen molar-refractivity contribution in [2.75, 3.05) is 0 Å². The average Bonchev–Trinajstić information content (AvgIpc) is 2.69. The van der Waals surface area contributed by atoms with Gasteiger partial charge in [-0.2, -0.15) is 0 Å². The predicted molar refractivity (Wildman–Crippen MR) is 138 cm³/mol. The molecule has 1 N–H and O–H groups in total. The Bertz CT molecular complexity index is 974. The summed E-state index contributed by atoms with van der Waals surface area (Å²) in [6, 6.07) is 0. The molecule has 1 rings (SSSR count). The molecule has 2 nitrogen and oxygen atoms in total. The molecule has 0 aliphatic heterocycles. The number of carbonyl (C=O) groups excluding carboxylic acids is 1. The van der Waals surface area contributed by atoms with Crippen LogP contribution in [0.1, 0.15) is 61.3 Å². The number of rotatable bonds is 7. The van der Waals surface area contributed by atoms with E-state index in [2.05, 4.69) is 51.7 Å². The Balaban J connectivity index is 2.72. The molecular formula is C30H38O2. The number of allylic oxidation sites excluding steroid dienone is 15. The highest BCUT2D eigenvalue weighted by molar-refractivity contribution is 5.72. The van der Waals surface area contributed by atoms with Crippen molar-refractivity contribution in [3.63, 3.8) is 0 Å². The highest BCUT2D eigenvalue weighted by atomic mass is 16.3. The summed E-state index contributed by atoms with van der Waals surface area (Å²) in [6.45, 7) is 14.3. The summed E-state index contributed by atoms with van der Waals surface area (Å²) >= 11 is 0. The van der Waals surface area contributed by atoms with E-state index in [0.29, 0.717) is 5.57 Å². The number of carbonyl (C=O) groups is 1. The first-order chi connectivity index (χ1) is 15.0. The van der Waals surface area contributed by atoms with Crippen LogP contribution in [0, 0.1) is 17.3 Å². The zero-order chi connectivity index (χ0) is 24.1. The van der Waals surface area contributed by atoms with Crippen molar-refractivity contribution >= 4 is 6.29 Å². The fourth-order valence-electron chi connectivity index (χ4n) is 3.54. The Hall–Kier alpha value is -2.89. The highest BCUT2D eigenvalue weighted by Crippen LogP contribution is 2.39. The third-order valence-corrected chi connectivity index (χ3v) is 5.21. The van der Waals surface area contributed by atoms with Crippen molar-refractivity contribution in [3.05, 3.63) is 94.2 Å². The molecule has 0 saturated heterocycles. The van der Waals surface area contributed by atoms with Crippen LogP contribution in [0.25, 0.3) is 0 Å². The molecule has 0 aromatic carbocycles. The molecule has 1 unspecified atom stereocenters. The minimum atomic E-state index is -0.260. The molecule has 0 fully saturated rings. The summed E-state index contributed by atoms with van der Waals surface area (Å²) in [5, 5.41) is 10.0. The third kappa shape index (κ3) is 10.4. The summed E-state index contributed by atoms with van der Waals surface area (Å²) in [6.07, 6.45) is 21.9. The smallest absolute Gasteiger partial charge is 0.145 e. The maximum Gasteiger partial charge on any atom is 0.145 e. The molecule has 0 heterocycles. The van der Waals surface area contributed by atoms with E-state index in [4.69, 9.17) is 0 Å². The van der Waals surface area contributed by atoms with Crippen LogP contribution in [0.5, 0.6) is 0 Å². The van der Waals surface area contributed by atoms with Crippen LogP contribution in [-0.2, 0) is 4.79 Å². The van der Waals surface area contributed by atoms with E-state index in [1.54, 1.807) is 13.0 Å². The summed E-state index contributed by atoms with van der Waals surface area (Å²) in [4.78, 5) is 10.6. The van der Waals surface area contributed by atoms with Crippen molar-refractivity contribution in [1.29, 1.82) is 0 Å². The van der Waals surface area contributed by atoms with Gasteiger partial charge in [0, 0.05) is 11.0 Å². The first kappa shape index (κ1) is 27.1. The van der Waals surface area contributed by atoms with Gasteiger partial charge in [0.25, 0.3) is 0 Å². The Labute approximate surface area is 195 Å². The van der Waals surface area contributed by atoms with Crippen molar-refractivity contribution in [2.24, 2.45) is 5.41 Å². The van der Waals surface area contributed by atoms with Gasteiger partial charge < -0.3 is 5.11 Å². The van der Waals surface area contributed by atoms with E-state index in [0.717, 1.165) is 41.4 Å². The first-order valence-corrected chi connectivity index (χ1v) is 11.1. The maximum absolute atomic E-state index is 10.6. The molecular weight excluding hydrogens is 392 g/mol. The lowest BCUT2D eigenvalue weighted by Crippen LogP contribution is -2.28. The number of aliphatic hydroxyl groups is 1. The van der Waals surface area contributed by atoms with E-state index in [1.165, 1.54) is 5.57 Å². The topological polar surface area (TPSA) is 37.3 Å². The third-order valence-electron chi connectivity index (χ3n) is 5.21. The Kier molecular flexibility index (Phi) is 11.5. The number of hydrogen-bond acceptors (Lipinski definition) is 2. The molecule has 0 bridgehead atoms. The van der Waals surface area contributed by atoms with E-state index >= 15 is 0 Å². The molecule has 0 amide bonds. The monoisotopic (exact) mass is 430 g/mol. The van der Waals surface area contributed by atoms with Crippen molar-refractivity contribution < 1.29 is 9.90 Å². The number of aliphatic hydroxyl groups excluding tert-OH is 1. The molecule has 0 aromatic heterocycles. The van der Waals surface area contributed by atoms with Crippen LogP contribution in [0.4, 0.5) is 0 Å². The number of hydrogen-bond donors (Lipinski definition) is 1. The van der Waals surface area contributed by atoms with Crippen LogP contribution in [-0.4, -0.2) is 17.5 Å². The predicted octanol–water partition coefficient (Wildman–Crippen LogP) is 7.14. The van der Waals surface area contributed by atoms with Gasteiger partial charge >= 0.3 is 0 Å². The van der Waals surface area contributed by atoms with Crippen LogP contribution < -0.4 is 0 Å². The second-order valence-electron chi connectivity index (χ2n) is 9.15. The quantitative estimate of drug-likeness (QED) is 0.202. The minimum absolute atomic E-state index is 0.0791. The summed E-state index contributed by atoms with van der Waals surface area (Å²) in [5.41, 5.74) is 6.24.